The van der Waals surface area contributed by atoms with Crippen molar-refractivity contribution in [3.05, 3.63) is 54.5 Å². The SMILES string of the molecule is [CH2]C(C=C)c1cc(CCC)cc(CCC)c1. The monoisotopic (exact) mass is 215 g/mol. The molecule has 0 heteroatoms. The first-order valence-electron chi connectivity index (χ1n) is 6.29. The molecule has 0 aliphatic heterocycles. The lowest BCUT2D eigenvalue weighted by atomic mass is 9.93. The maximum atomic E-state index is 4.11. The van der Waals surface area contributed by atoms with Gasteiger partial charge in [-0.25, -0.2) is 0 Å². The molecule has 16 heavy (non-hydrogen) atoms. The summed E-state index contributed by atoms with van der Waals surface area (Å²) in [5.41, 5.74) is 4.20. The average molecular weight is 215 g/mol. The number of allylic oxidation sites excluding steroid dienone is 1. The fourth-order valence-corrected chi connectivity index (χ4v) is 2.01. The van der Waals surface area contributed by atoms with Crippen LogP contribution in [-0.2, 0) is 12.8 Å². The van der Waals surface area contributed by atoms with Gasteiger partial charge in [0, 0.05) is 5.92 Å². The first kappa shape index (κ1) is 13.0. The van der Waals surface area contributed by atoms with Crippen molar-refractivity contribution in [1.29, 1.82) is 0 Å². The van der Waals surface area contributed by atoms with Crippen molar-refractivity contribution >= 4 is 0 Å². The molecule has 0 saturated carbocycles. The van der Waals surface area contributed by atoms with Crippen molar-refractivity contribution in [2.24, 2.45) is 0 Å². The highest BCUT2D eigenvalue weighted by Gasteiger charge is 2.05. The van der Waals surface area contributed by atoms with Crippen LogP contribution in [0.2, 0.25) is 0 Å². The summed E-state index contributed by atoms with van der Waals surface area (Å²) in [6.45, 7) is 12.4. The maximum absolute atomic E-state index is 4.11. The van der Waals surface area contributed by atoms with E-state index in [-0.39, 0.29) is 5.92 Å². The molecule has 0 amide bonds. The minimum Gasteiger partial charge on any atom is -0.102 e. The molecule has 1 unspecified atom stereocenters. The van der Waals surface area contributed by atoms with Crippen LogP contribution in [0.25, 0.3) is 0 Å². The fourth-order valence-electron chi connectivity index (χ4n) is 2.01. The van der Waals surface area contributed by atoms with E-state index >= 15 is 0 Å². The first-order chi connectivity index (χ1) is 7.71. The van der Waals surface area contributed by atoms with E-state index in [1.165, 1.54) is 29.5 Å². The number of aryl methyl sites for hydroxylation is 2. The molecule has 87 valence electrons. The third kappa shape index (κ3) is 3.52. The van der Waals surface area contributed by atoms with Gasteiger partial charge < -0.3 is 0 Å². The summed E-state index contributed by atoms with van der Waals surface area (Å²) in [6, 6.07) is 6.90. The van der Waals surface area contributed by atoms with Crippen LogP contribution in [0.5, 0.6) is 0 Å². The van der Waals surface area contributed by atoms with Gasteiger partial charge in [-0.3, -0.25) is 0 Å². The second-order valence-electron chi connectivity index (χ2n) is 4.43. The molecule has 0 fully saturated rings. The van der Waals surface area contributed by atoms with Gasteiger partial charge in [-0.15, -0.1) is 6.58 Å². The number of rotatable bonds is 6. The molecule has 0 heterocycles. The molecule has 0 nitrogen and oxygen atoms in total. The Morgan fingerprint density at radius 2 is 1.56 bits per heavy atom. The van der Waals surface area contributed by atoms with Crippen LogP contribution in [0.1, 0.15) is 49.3 Å². The van der Waals surface area contributed by atoms with E-state index in [2.05, 4.69) is 45.5 Å². The summed E-state index contributed by atoms with van der Waals surface area (Å²) in [5.74, 6) is 0.215. The van der Waals surface area contributed by atoms with Gasteiger partial charge in [0.25, 0.3) is 0 Å². The Kier molecular flexibility index (Phi) is 5.31. The van der Waals surface area contributed by atoms with E-state index in [1.807, 2.05) is 6.08 Å². The van der Waals surface area contributed by atoms with Gasteiger partial charge in [-0.2, -0.15) is 0 Å². The predicted octanol–water partition coefficient (Wildman–Crippen LogP) is 4.70. The van der Waals surface area contributed by atoms with Crippen LogP contribution >= 0.6 is 0 Å². The van der Waals surface area contributed by atoms with Crippen LogP contribution in [0, 0.1) is 6.92 Å². The predicted molar refractivity (Wildman–Crippen MR) is 72.7 cm³/mol. The molecule has 0 aliphatic rings. The van der Waals surface area contributed by atoms with E-state index in [9.17, 15) is 0 Å². The smallest absolute Gasteiger partial charge is 0.00158 e. The van der Waals surface area contributed by atoms with Gasteiger partial charge in [0.05, 0.1) is 0 Å². The number of hydrogen-bond donors (Lipinski definition) is 0. The minimum absolute atomic E-state index is 0.215. The molecule has 1 atom stereocenters. The van der Waals surface area contributed by atoms with Crippen LogP contribution in [0.3, 0.4) is 0 Å². The molecule has 1 radical (unpaired) electrons. The summed E-state index contributed by atoms with van der Waals surface area (Å²) in [5, 5.41) is 0. The molecule has 0 aromatic heterocycles. The summed E-state index contributed by atoms with van der Waals surface area (Å²) in [4.78, 5) is 0. The summed E-state index contributed by atoms with van der Waals surface area (Å²) in [7, 11) is 0. The Balaban J connectivity index is 3.02. The molecular weight excluding hydrogens is 192 g/mol. The largest absolute Gasteiger partial charge is 0.102 e. The van der Waals surface area contributed by atoms with E-state index < -0.39 is 0 Å². The lowest BCUT2D eigenvalue weighted by Gasteiger charge is -2.12. The zero-order valence-electron chi connectivity index (χ0n) is 10.6. The molecule has 0 bridgehead atoms. The van der Waals surface area contributed by atoms with E-state index in [0.29, 0.717) is 0 Å². The Morgan fingerprint density at radius 3 is 1.94 bits per heavy atom. The van der Waals surface area contributed by atoms with Crippen molar-refractivity contribution < 1.29 is 0 Å². The second-order valence-corrected chi connectivity index (χ2v) is 4.43. The second kappa shape index (κ2) is 6.52. The Morgan fingerprint density at radius 1 is 1.06 bits per heavy atom. The Bertz CT molecular complexity index is 312. The van der Waals surface area contributed by atoms with Gasteiger partial charge >= 0.3 is 0 Å². The molecule has 0 N–H and O–H groups in total. The summed E-state index contributed by atoms with van der Waals surface area (Å²) < 4.78 is 0. The highest BCUT2D eigenvalue weighted by molar-refractivity contribution is 5.35. The highest BCUT2D eigenvalue weighted by Crippen LogP contribution is 2.21. The molecule has 0 aliphatic carbocycles. The van der Waals surface area contributed by atoms with Gasteiger partial charge in [-0.05, 0) is 36.5 Å². The van der Waals surface area contributed by atoms with E-state index in [4.69, 9.17) is 0 Å². The molecule has 1 aromatic rings. The summed E-state index contributed by atoms with van der Waals surface area (Å²) in [6.07, 6.45) is 6.64. The standard InChI is InChI=1S/C16H23/c1-5-8-14-10-15(9-6-2)12-16(11-14)13(4)7-3/h7,10-13H,3-6,8-9H2,1-2H3. The van der Waals surface area contributed by atoms with Crippen LogP contribution in [-0.4, -0.2) is 0 Å². The van der Waals surface area contributed by atoms with E-state index in [1.54, 1.807) is 0 Å². The van der Waals surface area contributed by atoms with Gasteiger partial charge in [0.15, 0.2) is 0 Å². The molecule has 0 spiro atoms. The maximum Gasteiger partial charge on any atom is 0.00158 e. The zero-order chi connectivity index (χ0) is 12.0. The quantitative estimate of drug-likeness (QED) is 0.604. The minimum atomic E-state index is 0.215. The molecular formula is C16H23. The topological polar surface area (TPSA) is 0 Å². The van der Waals surface area contributed by atoms with E-state index in [0.717, 1.165) is 12.8 Å². The van der Waals surface area contributed by atoms with Gasteiger partial charge in [0.2, 0.25) is 0 Å². The van der Waals surface area contributed by atoms with Crippen LogP contribution in [0.15, 0.2) is 30.9 Å². The van der Waals surface area contributed by atoms with Crippen molar-refractivity contribution in [2.45, 2.75) is 45.4 Å². The third-order valence-corrected chi connectivity index (χ3v) is 2.86. The summed E-state index contributed by atoms with van der Waals surface area (Å²) >= 11 is 0. The molecule has 0 saturated heterocycles. The van der Waals surface area contributed by atoms with Crippen molar-refractivity contribution in [3.8, 4) is 0 Å². The van der Waals surface area contributed by atoms with Crippen molar-refractivity contribution in [3.63, 3.8) is 0 Å². The Labute approximate surface area is 100 Å². The third-order valence-electron chi connectivity index (χ3n) is 2.86. The lowest BCUT2D eigenvalue weighted by molar-refractivity contribution is 0.885. The van der Waals surface area contributed by atoms with Crippen molar-refractivity contribution in [2.75, 3.05) is 0 Å². The van der Waals surface area contributed by atoms with Crippen molar-refractivity contribution in [1.82, 2.24) is 0 Å². The number of benzene rings is 1. The first-order valence-corrected chi connectivity index (χ1v) is 6.29. The van der Waals surface area contributed by atoms with Gasteiger partial charge in [0.1, 0.15) is 0 Å². The molecule has 1 rings (SSSR count). The normalized spacial score (nSPS) is 12.4. The van der Waals surface area contributed by atoms with Gasteiger partial charge in [-0.1, -0.05) is 51.0 Å². The average Bonchev–Trinajstić information content (AvgIpc) is 2.28. The lowest BCUT2D eigenvalue weighted by Crippen LogP contribution is -1.96. The number of hydrogen-bond acceptors (Lipinski definition) is 0. The molecule has 1 aromatic carbocycles. The fraction of sp³-hybridized carbons (Fsp3) is 0.438. The zero-order valence-corrected chi connectivity index (χ0v) is 10.6. The van der Waals surface area contributed by atoms with Crippen LogP contribution in [0.4, 0.5) is 0 Å². The van der Waals surface area contributed by atoms with Crippen LogP contribution < -0.4 is 0 Å². The Hall–Kier alpha value is -1.04. The highest BCUT2D eigenvalue weighted by atomic mass is 14.1.